The maximum absolute atomic E-state index is 12.8. The summed E-state index contributed by atoms with van der Waals surface area (Å²) in [6.45, 7) is 3.76. The van der Waals surface area contributed by atoms with Crippen LogP contribution in [0.3, 0.4) is 0 Å². The van der Waals surface area contributed by atoms with Gasteiger partial charge >= 0.3 is 5.97 Å². The zero-order chi connectivity index (χ0) is 24.6. The Morgan fingerprint density at radius 1 is 1.09 bits per heavy atom. The van der Waals surface area contributed by atoms with Gasteiger partial charge in [-0.15, -0.1) is 0 Å². The predicted octanol–water partition coefficient (Wildman–Crippen LogP) is 3.89. The monoisotopic (exact) mass is 477 g/mol. The largest absolute Gasteiger partial charge is 0.451 e. The summed E-state index contributed by atoms with van der Waals surface area (Å²) in [4.78, 5) is 38.1. The van der Waals surface area contributed by atoms with Crippen LogP contribution in [0.2, 0.25) is 0 Å². The van der Waals surface area contributed by atoms with Crippen LogP contribution in [-0.2, 0) is 16.1 Å². The van der Waals surface area contributed by atoms with Crippen molar-refractivity contribution in [3.63, 3.8) is 0 Å². The molecule has 2 aromatic carbocycles. The van der Waals surface area contributed by atoms with Crippen LogP contribution in [0.15, 0.2) is 47.3 Å². The van der Waals surface area contributed by atoms with Crippen molar-refractivity contribution >= 4 is 28.3 Å². The van der Waals surface area contributed by atoms with Gasteiger partial charge in [0, 0.05) is 36.5 Å². The molecule has 1 saturated carbocycles. The van der Waals surface area contributed by atoms with Crippen molar-refractivity contribution in [3.8, 4) is 11.5 Å². The number of nitrogens with one attached hydrogen (secondary N) is 1. The van der Waals surface area contributed by atoms with Crippen molar-refractivity contribution < 1.29 is 23.8 Å². The molecule has 9 nitrogen and oxygen atoms in total. The Bertz CT molecular complexity index is 1360. The van der Waals surface area contributed by atoms with Crippen molar-refractivity contribution in [1.29, 1.82) is 0 Å². The molecule has 35 heavy (non-hydrogen) atoms. The Morgan fingerprint density at radius 3 is 2.54 bits per heavy atom. The average molecular weight is 478 g/mol. The average Bonchev–Trinajstić information content (AvgIpc) is 3.44. The van der Waals surface area contributed by atoms with Crippen LogP contribution in [0.25, 0.3) is 10.8 Å². The van der Waals surface area contributed by atoms with Crippen LogP contribution < -0.4 is 20.3 Å². The number of carbonyl (C=O) groups excluding carboxylic acids is 2. The molecular formula is C26H27N3O6. The fourth-order valence-electron chi connectivity index (χ4n) is 4.54. The summed E-state index contributed by atoms with van der Waals surface area (Å²) in [5, 5.41) is 7.72. The standard InChI is InChI=1S/C26H27N3O6/c1-16(2)14-29-24(31)19-8-4-3-7-18(19)23(28-29)25(32)33-15-22(30)27-17-9-10-20-21(13-17)35-26(34-20)11-5-6-12-26/h3-4,7-10,13,16H,5-6,11-12,14-15H2,1-2H3,(H,27,30). The first-order valence-corrected chi connectivity index (χ1v) is 11.8. The van der Waals surface area contributed by atoms with E-state index in [1.165, 1.54) is 4.68 Å². The molecular weight excluding hydrogens is 450 g/mol. The van der Waals surface area contributed by atoms with Crippen molar-refractivity contribution in [1.82, 2.24) is 9.78 Å². The number of benzene rings is 2. The lowest BCUT2D eigenvalue weighted by Crippen LogP contribution is -2.34. The summed E-state index contributed by atoms with van der Waals surface area (Å²) >= 11 is 0. The zero-order valence-corrected chi connectivity index (χ0v) is 19.7. The predicted molar refractivity (Wildman–Crippen MR) is 129 cm³/mol. The number of carbonyl (C=O) groups is 2. The lowest BCUT2D eigenvalue weighted by Gasteiger charge is -2.21. The van der Waals surface area contributed by atoms with Gasteiger partial charge in [-0.2, -0.15) is 5.10 Å². The fourth-order valence-corrected chi connectivity index (χ4v) is 4.54. The second kappa shape index (κ2) is 9.05. The van der Waals surface area contributed by atoms with E-state index in [-0.39, 0.29) is 17.2 Å². The minimum Gasteiger partial charge on any atom is -0.451 e. The van der Waals surface area contributed by atoms with Gasteiger partial charge in [0.2, 0.25) is 0 Å². The number of rotatable bonds is 6. The zero-order valence-electron chi connectivity index (χ0n) is 19.7. The maximum Gasteiger partial charge on any atom is 0.359 e. The number of nitrogens with zero attached hydrogens (tertiary/aromatic N) is 2. The van der Waals surface area contributed by atoms with Crippen molar-refractivity contribution in [2.24, 2.45) is 5.92 Å². The van der Waals surface area contributed by atoms with E-state index in [0.717, 1.165) is 25.7 Å². The van der Waals surface area contributed by atoms with E-state index < -0.39 is 24.3 Å². The van der Waals surface area contributed by atoms with Gasteiger partial charge in [-0.25, -0.2) is 9.48 Å². The molecule has 0 saturated heterocycles. The van der Waals surface area contributed by atoms with Gasteiger partial charge in [-0.3, -0.25) is 9.59 Å². The van der Waals surface area contributed by atoms with Crippen LogP contribution in [-0.4, -0.2) is 34.1 Å². The molecule has 1 spiro atoms. The molecule has 1 fully saturated rings. The Balaban J connectivity index is 1.27. The SMILES string of the molecule is CC(C)Cn1nc(C(=O)OCC(=O)Nc2ccc3c(c2)OC2(CCCC2)O3)c2ccccc2c1=O. The van der Waals surface area contributed by atoms with Gasteiger partial charge in [0.25, 0.3) is 17.3 Å². The second-order valence-electron chi connectivity index (χ2n) is 9.38. The molecule has 1 amide bonds. The van der Waals surface area contributed by atoms with E-state index in [1.54, 1.807) is 42.5 Å². The summed E-state index contributed by atoms with van der Waals surface area (Å²) in [5.41, 5.74) is 0.238. The number of fused-ring (bicyclic) bond motifs is 2. The third-order valence-electron chi connectivity index (χ3n) is 6.12. The first-order chi connectivity index (χ1) is 16.8. The molecule has 1 aromatic heterocycles. The van der Waals surface area contributed by atoms with Crippen LogP contribution in [0, 0.1) is 5.92 Å². The quantitative estimate of drug-likeness (QED) is 0.537. The molecule has 1 aliphatic carbocycles. The molecule has 2 heterocycles. The number of hydrogen-bond acceptors (Lipinski definition) is 7. The van der Waals surface area contributed by atoms with E-state index in [0.29, 0.717) is 34.5 Å². The maximum atomic E-state index is 12.8. The van der Waals surface area contributed by atoms with Crippen LogP contribution in [0.5, 0.6) is 11.5 Å². The number of aromatic nitrogens is 2. The number of amides is 1. The van der Waals surface area contributed by atoms with Gasteiger partial charge in [0.05, 0.1) is 5.39 Å². The lowest BCUT2D eigenvalue weighted by atomic mass is 10.1. The van der Waals surface area contributed by atoms with E-state index in [9.17, 15) is 14.4 Å². The summed E-state index contributed by atoms with van der Waals surface area (Å²) in [6.07, 6.45) is 3.79. The molecule has 0 radical (unpaired) electrons. The third kappa shape index (κ3) is 4.58. The van der Waals surface area contributed by atoms with Gasteiger partial charge < -0.3 is 19.5 Å². The molecule has 182 valence electrons. The Hall–Kier alpha value is -3.88. The molecule has 0 bridgehead atoms. The Labute approximate surface area is 202 Å². The topological polar surface area (TPSA) is 109 Å². The van der Waals surface area contributed by atoms with Crippen LogP contribution in [0.4, 0.5) is 5.69 Å². The number of esters is 1. The first kappa shape index (κ1) is 22.9. The molecule has 0 unspecified atom stereocenters. The minimum atomic E-state index is -0.775. The second-order valence-corrected chi connectivity index (χ2v) is 9.38. The molecule has 9 heteroatoms. The molecule has 3 aromatic rings. The van der Waals surface area contributed by atoms with Crippen molar-refractivity contribution in [3.05, 3.63) is 58.5 Å². The van der Waals surface area contributed by atoms with Crippen LogP contribution in [0.1, 0.15) is 50.0 Å². The highest BCUT2D eigenvalue weighted by atomic mass is 16.7. The summed E-state index contributed by atoms with van der Waals surface area (Å²) in [7, 11) is 0. The Kier molecular flexibility index (Phi) is 5.92. The van der Waals surface area contributed by atoms with E-state index in [2.05, 4.69) is 10.4 Å². The van der Waals surface area contributed by atoms with Crippen molar-refractivity contribution in [2.75, 3.05) is 11.9 Å². The molecule has 1 aliphatic heterocycles. The third-order valence-corrected chi connectivity index (χ3v) is 6.12. The highest BCUT2D eigenvalue weighted by Crippen LogP contribution is 2.47. The van der Waals surface area contributed by atoms with Gasteiger partial charge in [-0.05, 0) is 37.0 Å². The number of hydrogen-bond donors (Lipinski definition) is 1. The first-order valence-electron chi connectivity index (χ1n) is 11.8. The Morgan fingerprint density at radius 2 is 1.80 bits per heavy atom. The highest BCUT2D eigenvalue weighted by Gasteiger charge is 2.44. The van der Waals surface area contributed by atoms with E-state index in [1.807, 2.05) is 13.8 Å². The summed E-state index contributed by atoms with van der Waals surface area (Å²) < 4.78 is 18.5. The molecule has 2 aliphatic rings. The normalized spacial score (nSPS) is 15.6. The summed E-state index contributed by atoms with van der Waals surface area (Å²) in [6, 6.07) is 11.9. The number of ether oxygens (including phenoxy) is 3. The molecule has 0 atom stereocenters. The molecule has 5 rings (SSSR count). The fraction of sp³-hybridized carbons (Fsp3) is 0.385. The minimum absolute atomic E-state index is 0.00130. The van der Waals surface area contributed by atoms with E-state index in [4.69, 9.17) is 14.2 Å². The molecule has 1 N–H and O–H groups in total. The number of anilines is 1. The highest BCUT2D eigenvalue weighted by molar-refractivity contribution is 6.03. The lowest BCUT2D eigenvalue weighted by molar-refractivity contribution is -0.119. The van der Waals surface area contributed by atoms with Gasteiger partial charge in [0.1, 0.15) is 0 Å². The van der Waals surface area contributed by atoms with Gasteiger partial charge in [0.15, 0.2) is 23.8 Å². The van der Waals surface area contributed by atoms with Gasteiger partial charge in [-0.1, -0.05) is 32.0 Å². The summed E-state index contributed by atoms with van der Waals surface area (Å²) in [5.74, 6) is -0.463. The van der Waals surface area contributed by atoms with E-state index >= 15 is 0 Å². The van der Waals surface area contributed by atoms with Crippen molar-refractivity contribution in [2.45, 2.75) is 51.9 Å². The van der Waals surface area contributed by atoms with Crippen LogP contribution >= 0.6 is 0 Å². The smallest absolute Gasteiger partial charge is 0.359 e.